The molecule has 0 radical (unpaired) electrons. The largest absolute Gasteiger partial charge is 0.467 e. The molecular weight excluding hydrogens is 1670 g/mol. The van der Waals surface area contributed by atoms with Gasteiger partial charge in [0.05, 0.1) is 0 Å². The number of rotatable bonds is 30. The van der Waals surface area contributed by atoms with Crippen LogP contribution in [0.2, 0.25) is 0 Å². The van der Waals surface area contributed by atoms with Crippen LogP contribution >= 0.6 is 42.9 Å². The fourth-order valence-corrected chi connectivity index (χ4v) is 20.9. The van der Waals surface area contributed by atoms with E-state index in [1.807, 2.05) is 108 Å². The number of ketones is 5. The average Bonchev–Trinajstić information content (AvgIpc) is 0.698. The van der Waals surface area contributed by atoms with Gasteiger partial charge in [-0.25, -0.2) is 0 Å². The van der Waals surface area contributed by atoms with Crippen LogP contribution in [0.4, 0.5) is 0 Å². The van der Waals surface area contributed by atoms with Gasteiger partial charge in [-0.05, 0) is 252 Å². The van der Waals surface area contributed by atoms with Gasteiger partial charge in [-0.3, -0.25) is 24.0 Å². The molecule has 20 heteroatoms. The molecule has 0 bridgehead atoms. The van der Waals surface area contributed by atoms with Crippen molar-refractivity contribution in [3.8, 4) is 28.7 Å². The number of hydrogen-bond acceptors (Lipinski definition) is 15. The second kappa shape index (κ2) is 48.8. The van der Waals surface area contributed by atoms with Crippen LogP contribution in [0.5, 0.6) is 28.7 Å². The zero-order chi connectivity index (χ0) is 94.0. The maximum absolute atomic E-state index is 12.3. The molecule has 0 amide bonds. The zero-order valence-electron chi connectivity index (χ0n) is 80.7. The summed E-state index contributed by atoms with van der Waals surface area (Å²) in [5, 5.41) is 10.8. The second-order valence-electron chi connectivity index (χ2n) is 36.1. The Morgan fingerprint density at radius 3 is 0.786 bits per heavy atom. The lowest BCUT2D eigenvalue weighted by molar-refractivity contribution is 0.0504. The first-order chi connectivity index (χ1) is 59.0. The smallest absolute Gasteiger partial charge is 0.188 e. The summed E-state index contributed by atoms with van der Waals surface area (Å²) in [4.78, 5) is 60.3. The minimum absolute atomic E-state index is 0.00962. The fourth-order valence-electron chi connectivity index (χ4n) is 13.7. The summed E-state index contributed by atoms with van der Waals surface area (Å²) in [6, 6.07) is 53.9. The van der Waals surface area contributed by atoms with E-state index in [-0.39, 0.29) is 84.5 Å². The lowest BCUT2D eigenvalue weighted by Crippen LogP contribution is -2.24. The molecule has 10 rings (SSSR count). The molecule has 0 aromatic heterocycles. The van der Waals surface area contributed by atoms with Crippen molar-refractivity contribution in [2.24, 2.45) is 0 Å². The average molecular weight is 1810 g/mol. The second-order valence-corrected chi connectivity index (χ2v) is 42.8. The molecule has 0 N–H and O–H groups in total. The lowest BCUT2D eigenvalue weighted by atomic mass is 9.80. The Bertz CT molecular complexity index is 5380. The van der Waals surface area contributed by atoms with Crippen LogP contribution in [-0.2, 0) is 45.3 Å². The minimum Gasteiger partial charge on any atom is -0.467 e. The third-order valence-corrected chi connectivity index (χ3v) is 27.0. The third-order valence-electron chi connectivity index (χ3n) is 20.2. The Kier molecular flexibility index (Phi) is 41.1. The Hall–Kier alpha value is -8.50. The molecule has 15 nitrogen and oxygen atoms in total. The fraction of sp³-hybridized carbons (Fsp3) is 0.387. The lowest BCUT2D eigenvalue weighted by Gasteiger charge is -2.29. The first-order valence-electron chi connectivity index (χ1n) is 42.3. The molecule has 0 aliphatic heterocycles. The van der Waals surface area contributed by atoms with Gasteiger partial charge in [-0.2, -0.15) is 0 Å². The Morgan fingerprint density at radius 1 is 0.238 bits per heavy atom. The monoisotopic (exact) mass is 1800 g/mol. The van der Waals surface area contributed by atoms with Crippen molar-refractivity contribution >= 4 is 125 Å². The summed E-state index contributed by atoms with van der Waals surface area (Å²) in [7, 11) is 9.84. The molecule has 0 aliphatic carbocycles. The summed E-state index contributed by atoms with van der Waals surface area (Å²) >= 11 is 0. The van der Waals surface area contributed by atoms with Crippen LogP contribution in [0.25, 0.3) is 0 Å². The van der Waals surface area contributed by atoms with E-state index in [2.05, 4.69) is 202 Å². The third kappa shape index (κ3) is 32.0. The molecule has 0 aliphatic rings. The van der Waals surface area contributed by atoms with Crippen molar-refractivity contribution in [2.75, 3.05) is 69.5 Å². The first kappa shape index (κ1) is 106. The molecule has 0 saturated carbocycles. The van der Waals surface area contributed by atoms with Crippen LogP contribution in [0.1, 0.15) is 247 Å². The van der Waals surface area contributed by atoms with Crippen molar-refractivity contribution in [1.82, 2.24) is 0 Å². The van der Waals surface area contributed by atoms with E-state index in [0.717, 1.165) is 154 Å². The highest BCUT2D eigenvalue weighted by Crippen LogP contribution is 2.40. The maximum atomic E-state index is 12.3. The molecule has 10 aromatic carbocycles. The highest BCUT2D eigenvalue weighted by molar-refractivity contribution is 7.57. The highest BCUT2D eigenvalue weighted by atomic mass is 31.1. The number of Topliss-reactive ketones (excluding diaryl/α,β-unsaturated/α-hetero) is 5. The molecule has 10 aromatic rings. The Morgan fingerprint density at radius 2 is 0.476 bits per heavy atom. The quantitative estimate of drug-likeness (QED) is 0.0236. The molecule has 5 unspecified atom stereocenters. The van der Waals surface area contributed by atoms with Gasteiger partial charge in [0.1, 0.15) is 28.7 Å². The predicted molar refractivity (Wildman–Crippen MR) is 537 cm³/mol. The number of aryl methyl sites for hydroxylation is 10. The number of carbonyl (C=O) groups excluding carboxylic acids is 5. The topological polar surface area (TPSA) is 178 Å². The summed E-state index contributed by atoms with van der Waals surface area (Å²) < 4.78 is 54.9. The van der Waals surface area contributed by atoms with E-state index in [1.165, 1.54) is 33.4 Å². The van der Waals surface area contributed by atoms with Gasteiger partial charge >= 0.3 is 0 Å². The highest BCUT2D eigenvalue weighted by Gasteiger charge is 2.29. The standard InChI is InChI=1S/C25H35O3P.2C22H29O3P.C19H23O3P.C18H21O3P/c1-16-10-11-21(19(12-16)17(2)26)29-22-14-18(24(3,4)5)13-20(25(6,7)8)23(22)28-15-27-9;1-14-8-9-19(18(10-14)16(3)23)26-20-12-17(22(4,5)6)11-15(2)21(20)25-13-24-7;1-14-8-9-19(17(10-14)16(3)23)26-20-12-15(2)11-18(22(4,5)6)21(20)25-13-24-7;1-12-6-7-17(16(9-12)15(4)20)23-18-10-13(2)8-14(3)19(18)22-11-21-5;1-12-6-8-17(15(9-12)14(3)19)22-18-10-13(2)5-7-16(18)21-11-20-4/h10-14,29H,15H2,1-9H3;2*8-12,26H,13H2,1-7H3;6-10,23H,11H2,1-5H3;5-10,22H,11H2,1-4H3. The van der Waals surface area contributed by atoms with Crippen molar-refractivity contribution in [3.05, 3.63) is 263 Å². The van der Waals surface area contributed by atoms with Crippen LogP contribution in [-0.4, -0.2) is 98.4 Å². The van der Waals surface area contributed by atoms with E-state index in [4.69, 9.17) is 47.4 Å². The van der Waals surface area contributed by atoms with E-state index in [9.17, 15) is 24.0 Å². The van der Waals surface area contributed by atoms with E-state index in [0.29, 0.717) is 42.9 Å². The van der Waals surface area contributed by atoms with Gasteiger partial charge in [0.2, 0.25) is 0 Å². The molecule has 5 atom stereocenters. The minimum atomic E-state index is -0.0831. The van der Waals surface area contributed by atoms with E-state index >= 15 is 0 Å². The van der Waals surface area contributed by atoms with Crippen molar-refractivity contribution in [1.29, 1.82) is 0 Å². The van der Waals surface area contributed by atoms with Gasteiger partial charge < -0.3 is 47.4 Å². The number of carbonyl (C=O) groups is 5. The van der Waals surface area contributed by atoms with E-state index < -0.39 is 0 Å². The van der Waals surface area contributed by atoms with Crippen LogP contribution in [0.15, 0.2) is 158 Å². The summed E-state index contributed by atoms with van der Waals surface area (Å²) in [6.07, 6.45) is 0. The Labute approximate surface area is 761 Å². The SMILES string of the molecule is COCOc1c(C)cc(C(C)(C)C)cc1Pc1ccc(C)cc1C(C)=O.COCOc1c(C)cc(C)cc1Pc1ccc(C)cc1C(C)=O.COCOc1c(Pc2ccc(C)cc2C(C)=O)cc(C(C)(C)C)cc1C(C)(C)C.COCOc1c(Pc2ccc(C)cc2C(C)=O)cc(C)cc1C(C)(C)C.COCOc1ccc(C)cc1Pc1ccc(C)cc1C(C)=O. The normalized spacial score (nSPS) is 11.8. The van der Waals surface area contributed by atoms with Gasteiger partial charge in [0, 0.05) is 101 Å². The summed E-state index contributed by atoms with van der Waals surface area (Å²) in [5.74, 6) is 4.74. The molecule has 0 fully saturated rings. The van der Waals surface area contributed by atoms with Crippen LogP contribution in [0, 0.1) is 69.2 Å². The first-order valence-corrected chi connectivity index (χ1v) is 47.3. The predicted octanol–water partition coefficient (Wildman–Crippen LogP) is 20.8. The van der Waals surface area contributed by atoms with Gasteiger partial charge in [-0.15, -0.1) is 0 Å². The maximum Gasteiger partial charge on any atom is 0.188 e. The molecule has 126 heavy (non-hydrogen) atoms. The van der Waals surface area contributed by atoms with Crippen LogP contribution in [0.3, 0.4) is 0 Å². The number of hydrogen-bond donors (Lipinski definition) is 0. The molecule has 676 valence electrons. The van der Waals surface area contributed by atoms with Crippen LogP contribution < -0.4 is 76.7 Å². The summed E-state index contributed by atoms with van der Waals surface area (Å²) in [5.41, 5.74) is 19.9. The zero-order valence-corrected chi connectivity index (χ0v) is 85.7. The van der Waals surface area contributed by atoms with Gasteiger partial charge in [0.15, 0.2) is 62.9 Å². The molecular formula is C106H137O15P5. The Balaban J connectivity index is 0.000000244. The summed E-state index contributed by atoms with van der Waals surface area (Å²) in [6.45, 7) is 56.0. The van der Waals surface area contributed by atoms with Gasteiger partial charge in [-0.1, -0.05) is 250 Å². The van der Waals surface area contributed by atoms with Crippen molar-refractivity contribution < 1.29 is 71.3 Å². The molecule has 0 heterocycles. The van der Waals surface area contributed by atoms with Gasteiger partial charge in [0.25, 0.3) is 0 Å². The molecule has 0 saturated heterocycles. The number of benzene rings is 10. The number of methoxy groups -OCH3 is 5. The van der Waals surface area contributed by atoms with Crippen molar-refractivity contribution in [2.45, 2.75) is 209 Å². The van der Waals surface area contributed by atoms with E-state index in [1.54, 1.807) is 70.2 Å². The molecule has 0 spiro atoms. The number of ether oxygens (including phenoxy) is 10. The van der Waals surface area contributed by atoms with Crippen molar-refractivity contribution in [3.63, 3.8) is 0 Å².